The number of para-hydroxylation sites is 2. The third kappa shape index (κ3) is 5.39. The molecule has 0 atom stereocenters. The molecule has 5 nitrogen and oxygen atoms in total. The topological polar surface area (TPSA) is 59.6 Å². The maximum Gasteiger partial charge on any atom is 0.323 e. The zero-order chi connectivity index (χ0) is 20.6. The van der Waals surface area contributed by atoms with Crippen LogP contribution in [0.2, 0.25) is 0 Å². The van der Waals surface area contributed by atoms with Crippen LogP contribution < -0.4 is 20.1 Å². The van der Waals surface area contributed by atoms with Gasteiger partial charge in [0.05, 0.1) is 0 Å². The lowest BCUT2D eigenvalue weighted by atomic mass is 10.3. The molecule has 4 rings (SSSR count). The minimum Gasteiger partial charge on any atom is -0.457 e. The van der Waals surface area contributed by atoms with E-state index in [1.54, 1.807) is 48.5 Å². The van der Waals surface area contributed by atoms with Crippen molar-refractivity contribution in [3.05, 3.63) is 109 Å². The molecule has 2 N–H and O–H groups in total. The molecule has 0 fully saturated rings. The van der Waals surface area contributed by atoms with E-state index in [4.69, 9.17) is 9.47 Å². The molecule has 0 aromatic heterocycles. The fraction of sp³-hybridized carbons (Fsp3) is 0. The lowest BCUT2D eigenvalue weighted by molar-refractivity contribution is 0.262. The van der Waals surface area contributed by atoms with Crippen molar-refractivity contribution in [1.29, 1.82) is 0 Å². The number of carbonyl (C=O) groups excluding carboxylic acids is 1. The normalized spacial score (nSPS) is 10.1. The van der Waals surface area contributed by atoms with Crippen molar-refractivity contribution in [2.24, 2.45) is 0 Å². The summed E-state index contributed by atoms with van der Waals surface area (Å²) in [6.45, 7) is 0. The Labute approximate surface area is 174 Å². The molecule has 0 saturated carbocycles. The monoisotopic (exact) mass is 396 g/mol. The van der Waals surface area contributed by atoms with Crippen LogP contribution in [-0.2, 0) is 0 Å². The van der Waals surface area contributed by atoms with Crippen molar-refractivity contribution in [3.8, 4) is 23.0 Å². The summed E-state index contributed by atoms with van der Waals surface area (Å²) in [4.78, 5) is 12.2. The molecule has 30 heavy (non-hydrogen) atoms. The van der Waals surface area contributed by atoms with E-state index in [9.17, 15) is 4.79 Å². The number of urea groups is 1. The maximum absolute atomic E-state index is 12.2. The van der Waals surface area contributed by atoms with Gasteiger partial charge < -0.3 is 20.1 Å². The fourth-order valence-electron chi connectivity index (χ4n) is 2.76. The summed E-state index contributed by atoms with van der Waals surface area (Å²) in [6, 6.07) is 33.1. The van der Waals surface area contributed by atoms with Crippen molar-refractivity contribution < 1.29 is 14.3 Å². The van der Waals surface area contributed by atoms with Gasteiger partial charge in [-0.05, 0) is 72.8 Å². The van der Waals surface area contributed by atoms with Crippen LogP contribution in [0.25, 0.3) is 0 Å². The van der Waals surface area contributed by atoms with Gasteiger partial charge in [-0.25, -0.2) is 4.79 Å². The zero-order valence-corrected chi connectivity index (χ0v) is 16.1. The Balaban J connectivity index is 1.30. The lowest BCUT2D eigenvalue weighted by Gasteiger charge is -2.10. The molecular weight excluding hydrogens is 376 g/mol. The number of benzene rings is 4. The van der Waals surface area contributed by atoms with Crippen LogP contribution in [0.1, 0.15) is 0 Å². The summed E-state index contributed by atoms with van der Waals surface area (Å²) in [5, 5.41) is 5.60. The predicted octanol–water partition coefficient (Wildman–Crippen LogP) is 6.92. The zero-order valence-electron chi connectivity index (χ0n) is 16.1. The van der Waals surface area contributed by atoms with Crippen LogP contribution >= 0.6 is 0 Å². The van der Waals surface area contributed by atoms with Gasteiger partial charge in [0.25, 0.3) is 0 Å². The third-order valence-electron chi connectivity index (χ3n) is 4.18. The number of hydrogen-bond acceptors (Lipinski definition) is 3. The highest BCUT2D eigenvalue weighted by Gasteiger charge is 2.04. The highest BCUT2D eigenvalue weighted by Crippen LogP contribution is 2.24. The van der Waals surface area contributed by atoms with Crippen LogP contribution in [-0.4, -0.2) is 6.03 Å². The highest BCUT2D eigenvalue weighted by molar-refractivity contribution is 5.99. The Morgan fingerprint density at radius 2 is 0.800 bits per heavy atom. The van der Waals surface area contributed by atoms with E-state index in [1.165, 1.54) is 0 Å². The second-order valence-electron chi connectivity index (χ2n) is 6.46. The first-order valence-electron chi connectivity index (χ1n) is 9.48. The van der Waals surface area contributed by atoms with Gasteiger partial charge in [-0.1, -0.05) is 36.4 Å². The Morgan fingerprint density at radius 1 is 0.467 bits per heavy atom. The number of hydrogen-bond donors (Lipinski definition) is 2. The summed E-state index contributed by atoms with van der Waals surface area (Å²) < 4.78 is 11.5. The van der Waals surface area contributed by atoms with Gasteiger partial charge >= 0.3 is 6.03 Å². The molecule has 4 aromatic carbocycles. The Morgan fingerprint density at radius 3 is 1.17 bits per heavy atom. The van der Waals surface area contributed by atoms with Crippen molar-refractivity contribution in [2.45, 2.75) is 0 Å². The molecule has 148 valence electrons. The Bertz CT molecular complexity index is 992. The number of ether oxygens (including phenoxy) is 2. The van der Waals surface area contributed by atoms with E-state index in [-0.39, 0.29) is 6.03 Å². The number of rotatable bonds is 6. The molecule has 0 aliphatic heterocycles. The predicted molar refractivity (Wildman–Crippen MR) is 119 cm³/mol. The van der Waals surface area contributed by atoms with E-state index >= 15 is 0 Å². The minimum atomic E-state index is -0.330. The molecule has 2 amide bonds. The van der Waals surface area contributed by atoms with E-state index < -0.39 is 0 Å². The first-order valence-corrected chi connectivity index (χ1v) is 9.48. The molecule has 0 unspecified atom stereocenters. The van der Waals surface area contributed by atoms with Crippen LogP contribution in [0.15, 0.2) is 109 Å². The molecule has 0 radical (unpaired) electrons. The first-order chi connectivity index (χ1) is 14.7. The van der Waals surface area contributed by atoms with Gasteiger partial charge in [-0.3, -0.25) is 0 Å². The highest BCUT2D eigenvalue weighted by atomic mass is 16.5. The molecule has 4 aromatic rings. The quantitative estimate of drug-likeness (QED) is 0.372. The van der Waals surface area contributed by atoms with Gasteiger partial charge in [0.1, 0.15) is 23.0 Å². The van der Waals surface area contributed by atoms with E-state index in [2.05, 4.69) is 10.6 Å². The summed E-state index contributed by atoms with van der Waals surface area (Å²) in [5.41, 5.74) is 1.33. The largest absolute Gasteiger partial charge is 0.457 e. The van der Waals surface area contributed by atoms with Crippen molar-refractivity contribution in [3.63, 3.8) is 0 Å². The molecule has 0 aliphatic carbocycles. The second kappa shape index (κ2) is 9.30. The van der Waals surface area contributed by atoms with Crippen LogP contribution in [0.5, 0.6) is 23.0 Å². The molecule has 5 heteroatoms. The maximum atomic E-state index is 12.2. The van der Waals surface area contributed by atoms with Crippen molar-refractivity contribution >= 4 is 17.4 Å². The van der Waals surface area contributed by atoms with Crippen molar-refractivity contribution in [2.75, 3.05) is 10.6 Å². The lowest BCUT2D eigenvalue weighted by Crippen LogP contribution is -2.19. The minimum absolute atomic E-state index is 0.330. The summed E-state index contributed by atoms with van der Waals surface area (Å²) in [5.74, 6) is 2.91. The molecule has 0 saturated heterocycles. The van der Waals surface area contributed by atoms with E-state index in [1.807, 2.05) is 60.7 Å². The molecular formula is C25H20N2O3. The Hall–Kier alpha value is -4.25. The van der Waals surface area contributed by atoms with Crippen LogP contribution in [0.3, 0.4) is 0 Å². The number of nitrogens with one attached hydrogen (secondary N) is 2. The van der Waals surface area contributed by atoms with Gasteiger partial charge in [-0.2, -0.15) is 0 Å². The van der Waals surface area contributed by atoms with E-state index in [0.717, 1.165) is 11.5 Å². The second-order valence-corrected chi connectivity index (χ2v) is 6.46. The van der Waals surface area contributed by atoms with E-state index in [0.29, 0.717) is 22.9 Å². The van der Waals surface area contributed by atoms with Gasteiger partial charge in [0.2, 0.25) is 0 Å². The molecule has 0 bridgehead atoms. The van der Waals surface area contributed by atoms with Crippen LogP contribution in [0.4, 0.5) is 16.2 Å². The number of anilines is 2. The van der Waals surface area contributed by atoms with Gasteiger partial charge in [0.15, 0.2) is 0 Å². The summed E-state index contributed by atoms with van der Waals surface area (Å²) in [6.07, 6.45) is 0. The summed E-state index contributed by atoms with van der Waals surface area (Å²) in [7, 11) is 0. The molecule has 0 aliphatic rings. The smallest absolute Gasteiger partial charge is 0.323 e. The third-order valence-corrected chi connectivity index (χ3v) is 4.18. The Kier molecular flexibility index (Phi) is 5.91. The average molecular weight is 396 g/mol. The van der Waals surface area contributed by atoms with Gasteiger partial charge in [0, 0.05) is 11.4 Å². The van der Waals surface area contributed by atoms with Gasteiger partial charge in [-0.15, -0.1) is 0 Å². The SMILES string of the molecule is O=C(Nc1ccc(Oc2ccccc2)cc1)Nc1ccc(Oc2ccccc2)cc1. The summed E-state index contributed by atoms with van der Waals surface area (Å²) >= 11 is 0. The number of amides is 2. The molecule has 0 heterocycles. The first kappa shape index (κ1) is 19.1. The van der Waals surface area contributed by atoms with Crippen LogP contribution in [0, 0.1) is 0 Å². The standard InChI is InChI=1S/C25H20N2O3/c28-25(26-19-11-15-23(16-12-19)29-21-7-3-1-4-8-21)27-20-13-17-24(18-14-20)30-22-9-5-2-6-10-22/h1-18H,(H2,26,27,28). The fourth-order valence-corrected chi connectivity index (χ4v) is 2.76. The van der Waals surface area contributed by atoms with Crippen molar-refractivity contribution in [1.82, 2.24) is 0 Å². The average Bonchev–Trinajstić information content (AvgIpc) is 2.78. The molecule has 0 spiro atoms. The number of carbonyl (C=O) groups is 1.